The van der Waals surface area contributed by atoms with Gasteiger partial charge in [-0.25, -0.2) is 9.48 Å². The number of likely N-dealkylation sites (tertiary alicyclic amines) is 1. The van der Waals surface area contributed by atoms with Crippen LogP contribution >= 0.6 is 11.6 Å². The zero-order chi connectivity index (χ0) is 16.9. The van der Waals surface area contributed by atoms with Crippen LogP contribution in [0.25, 0.3) is 5.69 Å². The Bertz CT molecular complexity index is 688. The van der Waals surface area contributed by atoms with Crippen molar-refractivity contribution in [1.29, 1.82) is 0 Å². The molecular formula is C17H21ClN4O2. The number of anilines is 1. The van der Waals surface area contributed by atoms with Crippen LogP contribution in [0.1, 0.15) is 12.8 Å². The number of urea groups is 1. The van der Waals surface area contributed by atoms with Crippen molar-refractivity contribution >= 4 is 23.3 Å². The summed E-state index contributed by atoms with van der Waals surface area (Å²) in [7, 11) is 1.70. The molecule has 1 saturated heterocycles. The van der Waals surface area contributed by atoms with Gasteiger partial charge in [0.1, 0.15) is 0 Å². The van der Waals surface area contributed by atoms with Gasteiger partial charge in [-0.15, -0.1) is 0 Å². The molecule has 1 aromatic carbocycles. The van der Waals surface area contributed by atoms with Crippen molar-refractivity contribution in [3.8, 4) is 5.69 Å². The second-order valence-electron chi connectivity index (χ2n) is 5.96. The SMILES string of the molecule is COCC1CCCN(C(=O)Nc2ccc(-n3cccn3)c(Cl)c2)C1. The van der Waals surface area contributed by atoms with E-state index < -0.39 is 0 Å². The molecule has 2 amide bonds. The maximum absolute atomic E-state index is 12.5. The smallest absolute Gasteiger partial charge is 0.321 e. The Balaban J connectivity index is 1.65. The quantitative estimate of drug-likeness (QED) is 0.921. The molecule has 0 spiro atoms. The van der Waals surface area contributed by atoms with Crippen LogP contribution in [0.4, 0.5) is 10.5 Å². The van der Waals surface area contributed by atoms with Gasteiger partial charge in [0.2, 0.25) is 0 Å². The van der Waals surface area contributed by atoms with E-state index in [1.807, 2.05) is 29.3 Å². The number of aromatic nitrogens is 2. The summed E-state index contributed by atoms with van der Waals surface area (Å²) in [6.07, 6.45) is 5.62. The minimum absolute atomic E-state index is 0.0984. The first kappa shape index (κ1) is 16.8. The van der Waals surface area contributed by atoms with Crippen LogP contribution in [-0.4, -0.2) is 47.5 Å². The van der Waals surface area contributed by atoms with E-state index in [1.165, 1.54) is 0 Å². The molecule has 0 saturated carbocycles. The van der Waals surface area contributed by atoms with Crippen molar-refractivity contribution in [1.82, 2.24) is 14.7 Å². The maximum atomic E-state index is 12.5. The monoisotopic (exact) mass is 348 g/mol. The average molecular weight is 349 g/mol. The van der Waals surface area contributed by atoms with Gasteiger partial charge < -0.3 is 15.0 Å². The van der Waals surface area contributed by atoms with Crippen LogP contribution in [0, 0.1) is 5.92 Å². The third kappa shape index (κ3) is 3.88. The Kier molecular flexibility index (Phi) is 5.37. The number of ether oxygens (including phenoxy) is 1. The van der Waals surface area contributed by atoms with Gasteiger partial charge in [-0.3, -0.25) is 0 Å². The molecule has 1 aliphatic rings. The minimum Gasteiger partial charge on any atom is -0.384 e. The fourth-order valence-corrected chi connectivity index (χ4v) is 3.27. The molecule has 24 heavy (non-hydrogen) atoms. The topological polar surface area (TPSA) is 59.4 Å². The summed E-state index contributed by atoms with van der Waals surface area (Å²) in [6, 6.07) is 7.15. The number of nitrogens with one attached hydrogen (secondary N) is 1. The highest BCUT2D eigenvalue weighted by Crippen LogP contribution is 2.24. The number of nitrogens with zero attached hydrogens (tertiary/aromatic N) is 3. The highest BCUT2D eigenvalue weighted by atomic mass is 35.5. The van der Waals surface area contributed by atoms with E-state index in [2.05, 4.69) is 10.4 Å². The zero-order valence-corrected chi connectivity index (χ0v) is 14.4. The largest absolute Gasteiger partial charge is 0.384 e. The third-order valence-electron chi connectivity index (χ3n) is 4.16. The Morgan fingerprint density at radius 3 is 3.08 bits per heavy atom. The van der Waals surface area contributed by atoms with Gasteiger partial charge in [0.05, 0.1) is 17.3 Å². The first-order chi connectivity index (χ1) is 11.7. The van der Waals surface area contributed by atoms with Gasteiger partial charge in [0.25, 0.3) is 0 Å². The minimum atomic E-state index is -0.0984. The van der Waals surface area contributed by atoms with Crippen LogP contribution in [-0.2, 0) is 4.74 Å². The van der Waals surface area contributed by atoms with Crippen molar-refractivity contribution in [2.75, 3.05) is 32.1 Å². The lowest BCUT2D eigenvalue weighted by Crippen LogP contribution is -2.43. The first-order valence-corrected chi connectivity index (χ1v) is 8.39. The summed E-state index contributed by atoms with van der Waals surface area (Å²) in [5.74, 6) is 0.403. The molecule has 7 heteroatoms. The van der Waals surface area contributed by atoms with Gasteiger partial charge in [0, 0.05) is 44.2 Å². The number of amides is 2. The molecule has 1 unspecified atom stereocenters. The van der Waals surface area contributed by atoms with Crippen molar-refractivity contribution in [2.45, 2.75) is 12.8 Å². The summed E-state index contributed by atoms with van der Waals surface area (Å²) in [5, 5.41) is 7.62. The normalized spacial score (nSPS) is 17.8. The van der Waals surface area contributed by atoms with Gasteiger partial charge in [-0.1, -0.05) is 11.6 Å². The molecule has 1 fully saturated rings. The second-order valence-corrected chi connectivity index (χ2v) is 6.36. The van der Waals surface area contributed by atoms with E-state index in [9.17, 15) is 4.79 Å². The number of piperidine rings is 1. The number of carbonyl (C=O) groups excluding carboxylic acids is 1. The highest BCUT2D eigenvalue weighted by molar-refractivity contribution is 6.32. The van der Waals surface area contributed by atoms with Crippen molar-refractivity contribution in [3.63, 3.8) is 0 Å². The molecule has 2 heterocycles. The number of rotatable bonds is 4. The summed E-state index contributed by atoms with van der Waals surface area (Å²) < 4.78 is 6.90. The standard InChI is InChI=1S/C17H21ClN4O2/c1-24-12-13-4-2-8-21(11-13)17(23)20-14-5-6-16(15(18)10-14)22-9-3-7-19-22/h3,5-7,9-10,13H,2,4,8,11-12H2,1H3,(H,20,23). The molecule has 1 aliphatic heterocycles. The lowest BCUT2D eigenvalue weighted by atomic mass is 9.99. The van der Waals surface area contributed by atoms with Gasteiger partial charge in [0.15, 0.2) is 0 Å². The molecule has 2 aromatic rings. The molecule has 1 N–H and O–H groups in total. The number of methoxy groups -OCH3 is 1. The fourth-order valence-electron chi connectivity index (χ4n) is 3.01. The third-order valence-corrected chi connectivity index (χ3v) is 4.46. The zero-order valence-electron chi connectivity index (χ0n) is 13.6. The summed E-state index contributed by atoms with van der Waals surface area (Å²) in [6.45, 7) is 2.18. The van der Waals surface area contributed by atoms with E-state index in [0.717, 1.165) is 31.6 Å². The van der Waals surface area contributed by atoms with Crippen LogP contribution < -0.4 is 5.32 Å². The van der Waals surface area contributed by atoms with Crippen LogP contribution in [0.15, 0.2) is 36.7 Å². The molecule has 3 rings (SSSR count). The van der Waals surface area contributed by atoms with Crippen LogP contribution in [0.2, 0.25) is 5.02 Å². The molecule has 0 bridgehead atoms. The number of benzene rings is 1. The van der Waals surface area contributed by atoms with Crippen LogP contribution in [0.5, 0.6) is 0 Å². The van der Waals surface area contributed by atoms with E-state index in [-0.39, 0.29) is 6.03 Å². The summed E-state index contributed by atoms with van der Waals surface area (Å²) >= 11 is 6.31. The Labute approximate surface area is 146 Å². The molecule has 1 atom stereocenters. The van der Waals surface area contributed by atoms with Gasteiger partial charge >= 0.3 is 6.03 Å². The van der Waals surface area contributed by atoms with Gasteiger partial charge in [-0.2, -0.15) is 5.10 Å². The molecule has 0 radical (unpaired) electrons. The molecular weight excluding hydrogens is 328 g/mol. The van der Waals surface area contributed by atoms with E-state index >= 15 is 0 Å². The summed E-state index contributed by atoms with van der Waals surface area (Å²) in [4.78, 5) is 14.3. The molecule has 1 aromatic heterocycles. The lowest BCUT2D eigenvalue weighted by molar-refractivity contribution is 0.104. The van der Waals surface area contributed by atoms with Crippen molar-refractivity contribution < 1.29 is 9.53 Å². The highest BCUT2D eigenvalue weighted by Gasteiger charge is 2.23. The molecule has 128 valence electrons. The van der Waals surface area contributed by atoms with E-state index in [4.69, 9.17) is 16.3 Å². The number of hydrogen-bond acceptors (Lipinski definition) is 3. The number of hydrogen-bond donors (Lipinski definition) is 1. The number of halogens is 1. The van der Waals surface area contributed by atoms with Crippen molar-refractivity contribution in [3.05, 3.63) is 41.7 Å². The van der Waals surface area contributed by atoms with Gasteiger partial charge in [-0.05, 0) is 37.1 Å². The molecule has 6 nitrogen and oxygen atoms in total. The maximum Gasteiger partial charge on any atom is 0.321 e. The lowest BCUT2D eigenvalue weighted by Gasteiger charge is -2.32. The fraction of sp³-hybridized carbons (Fsp3) is 0.412. The van der Waals surface area contributed by atoms with Crippen molar-refractivity contribution in [2.24, 2.45) is 5.92 Å². The van der Waals surface area contributed by atoms with E-state index in [1.54, 1.807) is 24.1 Å². The average Bonchev–Trinajstić information content (AvgIpc) is 3.10. The Hall–Kier alpha value is -2.05. The van der Waals surface area contributed by atoms with Crippen LogP contribution in [0.3, 0.4) is 0 Å². The number of carbonyl (C=O) groups is 1. The van der Waals surface area contributed by atoms with E-state index in [0.29, 0.717) is 23.2 Å². The predicted octanol–water partition coefficient (Wildman–Crippen LogP) is 3.42. The molecule has 0 aliphatic carbocycles. The second kappa shape index (κ2) is 7.68. The Morgan fingerprint density at radius 1 is 1.50 bits per heavy atom. The Morgan fingerprint density at radius 2 is 2.38 bits per heavy atom. The first-order valence-electron chi connectivity index (χ1n) is 8.02. The summed E-state index contributed by atoms with van der Waals surface area (Å²) in [5.41, 5.74) is 1.45. The predicted molar refractivity (Wildman–Crippen MR) is 93.8 cm³/mol.